The SMILES string of the molecule is CN(C(C)(C)CO)S(=O)(=O)c1ccc(C#N)c(Cl)c1. The first-order chi connectivity index (χ1) is 8.66. The molecule has 1 aromatic rings. The van der Waals surface area contributed by atoms with Gasteiger partial charge >= 0.3 is 0 Å². The number of aliphatic hydroxyl groups is 1. The molecule has 0 spiro atoms. The van der Waals surface area contributed by atoms with E-state index in [1.807, 2.05) is 6.07 Å². The number of likely N-dealkylation sites (N-methyl/N-ethyl adjacent to an activating group) is 1. The molecule has 0 bridgehead atoms. The summed E-state index contributed by atoms with van der Waals surface area (Å²) in [6.07, 6.45) is 0. The average Bonchev–Trinajstić information content (AvgIpc) is 2.37. The molecule has 104 valence electrons. The van der Waals surface area contributed by atoms with Crippen molar-refractivity contribution in [1.29, 1.82) is 5.26 Å². The first kappa shape index (κ1) is 15.9. The van der Waals surface area contributed by atoms with Gasteiger partial charge in [-0.3, -0.25) is 0 Å². The Morgan fingerprint density at radius 3 is 2.47 bits per heavy atom. The smallest absolute Gasteiger partial charge is 0.243 e. The van der Waals surface area contributed by atoms with Gasteiger partial charge in [-0.1, -0.05) is 11.6 Å². The van der Waals surface area contributed by atoms with Gasteiger partial charge < -0.3 is 5.11 Å². The number of hydrogen-bond acceptors (Lipinski definition) is 4. The molecule has 1 rings (SSSR count). The van der Waals surface area contributed by atoms with E-state index in [9.17, 15) is 13.5 Å². The Morgan fingerprint density at radius 2 is 2.05 bits per heavy atom. The molecule has 0 saturated heterocycles. The summed E-state index contributed by atoms with van der Waals surface area (Å²) in [7, 11) is -2.39. The molecule has 0 aliphatic heterocycles. The first-order valence-corrected chi connectivity index (χ1v) is 7.28. The quantitative estimate of drug-likeness (QED) is 0.916. The van der Waals surface area contributed by atoms with Crippen LogP contribution < -0.4 is 0 Å². The Bertz CT molecular complexity index is 620. The molecule has 0 aliphatic carbocycles. The number of rotatable bonds is 4. The molecule has 1 aromatic carbocycles. The van der Waals surface area contributed by atoms with Crippen molar-refractivity contribution in [3.05, 3.63) is 28.8 Å². The molecule has 19 heavy (non-hydrogen) atoms. The number of halogens is 1. The molecule has 0 saturated carbocycles. The van der Waals surface area contributed by atoms with Gasteiger partial charge in [-0.15, -0.1) is 0 Å². The lowest BCUT2D eigenvalue weighted by atomic mass is 10.1. The highest BCUT2D eigenvalue weighted by atomic mass is 35.5. The Labute approximate surface area is 118 Å². The second-order valence-corrected chi connectivity index (χ2v) is 7.07. The highest BCUT2D eigenvalue weighted by Gasteiger charge is 2.33. The molecule has 0 heterocycles. The van der Waals surface area contributed by atoms with Crippen LogP contribution in [0.2, 0.25) is 5.02 Å². The molecule has 0 unspecified atom stereocenters. The molecule has 1 N–H and O–H groups in total. The minimum absolute atomic E-state index is 0.0134. The fourth-order valence-electron chi connectivity index (χ4n) is 1.33. The summed E-state index contributed by atoms with van der Waals surface area (Å²) in [5.74, 6) is 0. The van der Waals surface area contributed by atoms with E-state index in [-0.39, 0.29) is 22.1 Å². The number of nitrogens with zero attached hydrogens (tertiary/aromatic N) is 2. The fourth-order valence-corrected chi connectivity index (χ4v) is 3.15. The third-order valence-corrected chi connectivity index (χ3v) is 5.34. The molecule has 0 radical (unpaired) electrons. The number of hydrogen-bond donors (Lipinski definition) is 1. The van der Waals surface area contributed by atoms with Gasteiger partial charge in [0.05, 0.1) is 27.6 Å². The standard InChI is InChI=1S/C12H15ClN2O3S/c1-12(2,8-16)15(3)19(17,18)10-5-4-9(7-14)11(13)6-10/h4-6,16H,8H2,1-3H3. The van der Waals surface area contributed by atoms with Gasteiger partial charge in [0.25, 0.3) is 0 Å². The number of nitriles is 1. The van der Waals surface area contributed by atoms with Crippen molar-refractivity contribution in [3.8, 4) is 6.07 Å². The van der Waals surface area contributed by atoms with Crippen LogP contribution in [0.1, 0.15) is 19.4 Å². The highest BCUT2D eigenvalue weighted by Crippen LogP contribution is 2.26. The van der Waals surface area contributed by atoms with Crippen LogP contribution in [0.25, 0.3) is 0 Å². The van der Waals surface area contributed by atoms with Crippen LogP contribution in [0.5, 0.6) is 0 Å². The van der Waals surface area contributed by atoms with Crippen LogP contribution in [0.15, 0.2) is 23.1 Å². The van der Waals surface area contributed by atoms with Crippen LogP contribution in [-0.4, -0.2) is 37.0 Å². The van der Waals surface area contributed by atoms with E-state index in [4.69, 9.17) is 16.9 Å². The molecule has 0 atom stereocenters. The zero-order valence-corrected chi connectivity index (χ0v) is 12.5. The Balaban J connectivity index is 3.30. The molecular formula is C12H15ClN2O3S. The molecule has 0 aliphatic rings. The minimum atomic E-state index is -3.78. The summed E-state index contributed by atoms with van der Waals surface area (Å²) in [5.41, 5.74) is -0.719. The summed E-state index contributed by atoms with van der Waals surface area (Å²) in [5, 5.41) is 18.1. The van der Waals surface area contributed by atoms with Gasteiger partial charge in [-0.05, 0) is 32.0 Å². The van der Waals surface area contributed by atoms with Gasteiger partial charge in [-0.2, -0.15) is 9.57 Å². The molecule has 0 fully saturated rings. The van der Waals surface area contributed by atoms with Gasteiger partial charge in [0.1, 0.15) is 6.07 Å². The minimum Gasteiger partial charge on any atom is -0.394 e. The van der Waals surface area contributed by atoms with E-state index in [2.05, 4.69) is 0 Å². The van der Waals surface area contributed by atoms with E-state index in [1.165, 1.54) is 25.2 Å². The van der Waals surface area contributed by atoms with E-state index >= 15 is 0 Å². The summed E-state index contributed by atoms with van der Waals surface area (Å²) in [6, 6.07) is 5.78. The largest absolute Gasteiger partial charge is 0.394 e. The summed E-state index contributed by atoms with van der Waals surface area (Å²) >= 11 is 5.83. The summed E-state index contributed by atoms with van der Waals surface area (Å²) in [4.78, 5) is -0.0134. The van der Waals surface area contributed by atoms with Crippen molar-refractivity contribution >= 4 is 21.6 Å². The van der Waals surface area contributed by atoms with Crippen molar-refractivity contribution in [3.63, 3.8) is 0 Å². The molecule has 7 heteroatoms. The Morgan fingerprint density at radius 1 is 1.47 bits per heavy atom. The van der Waals surface area contributed by atoms with Crippen LogP contribution >= 0.6 is 11.6 Å². The maximum atomic E-state index is 12.4. The predicted octanol–water partition coefficient (Wildman–Crippen LogP) is 1.60. The van der Waals surface area contributed by atoms with Crippen molar-refractivity contribution < 1.29 is 13.5 Å². The summed E-state index contributed by atoms with van der Waals surface area (Å²) < 4.78 is 25.8. The Kier molecular flexibility index (Phi) is 4.59. The lowest BCUT2D eigenvalue weighted by Gasteiger charge is -2.32. The van der Waals surface area contributed by atoms with E-state index in [1.54, 1.807) is 13.8 Å². The second kappa shape index (κ2) is 5.47. The zero-order valence-electron chi connectivity index (χ0n) is 10.9. The Hall–Kier alpha value is -1.13. The van der Waals surface area contributed by atoms with E-state index in [0.29, 0.717) is 0 Å². The lowest BCUT2D eigenvalue weighted by Crippen LogP contribution is -2.47. The second-order valence-electron chi connectivity index (χ2n) is 4.70. The third kappa shape index (κ3) is 3.07. The molecule has 0 amide bonds. The predicted molar refractivity (Wildman–Crippen MR) is 72.3 cm³/mol. The van der Waals surface area contributed by atoms with Crippen molar-refractivity contribution in [1.82, 2.24) is 4.31 Å². The van der Waals surface area contributed by atoms with E-state index < -0.39 is 15.6 Å². The van der Waals surface area contributed by atoms with Crippen LogP contribution in [0.4, 0.5) is 0 Å². The first-order valence-electron chi connectivity index (χ1n) is 5.46. The van der Waals surface area contributed by atoms with Crippen LogP contribution in [0, 0.1) is 11.3 Å². The monoisotopic (exact) mass is 302 g/mol. The van der Waals surface area contributed by atoms with Gasteiger partial charge in [0.15, 0.2) is 0 Å². The average molecular weight is 303 g/mol. The van der Waals surface area contributed by atoms with Crippen LogP contribution in [-0.2, 0) is 10.0 Å². The number of sulfonamides is 1. The number of benzene rings is 1. The van der Waals surface area contributed by atoms with Crippen molar-refractivity contribution in [2.75, 3.05) is 13.7 Å². The molecule has 0 aromatic heterocycles. The van der Waals surface area contributed by atoms with Crippen molar-refractivity contribution in [2.45, 2.75) is 24.3 Å². The van der Waals surface area contributed by atoms with E-state index in [0.717, 1.165) is 4.31 Å². The summed E-state index contributed by atoms with van der Waals surface area (Å²) in [6.45, 7) is 2.90. The van der Waals surface area contributed by atoms with Crippen LogP contribution in [0.3, 0.4) is 0 Å². The third-order valence-electron chi connectivity index (χ3n) is 2.96. The highest BCUT2D eigenvalue weighted by molar-refractivity contribution is 7.89. The lowest BCUT2D eigenvalue weighted by molar-refractivity contribution is 0.138. The zero-order chi connectivity index (χ0) is 14.8. The van der Waals surface area contributed by atoms with Gasteiger partial charge in [-0.25, -0.2) is 8.42 Å². The number of aliphatic hydroxyl groups excluding tert-OH is 1. The van der Waals surface area contributed by atoms with Gasteiger partial charge in [0, 0.05) is 7.05 Å². The topological polar surface area (TPSA) is 81.4 Å². The van der Waals surface area contributed by atoms with Crippen molar-refractivity contribution in [2.24, 2.45) is 0 Å². The maximum absolute atomic E-state index is 12.4. The molecular weight excluding hydrogens is 288 g/mol. The molecule has 5 nitrogen and oxygen atoms in total. The normalized spacial score (nSPS) is 12.5. The fraction of sp³-hybridized carbons (Fsp3) is 0.417. The maximum Gasteiger partial charge on any atom is 0.243 e. The van der Waals surface area contributed by atoms with Gasteiger partial charge in [0.2, 0.25) is 10.0 Å².